The first kappa shape index (κ1) is 21.2. The normalized spacial score (nSPS) is 14.1. The maximum Gasteiger partial charge on any atom is 0.0877 e. The molecular weight excluding hydrogens is 354 g/mol. The highest BCUT2D eigenvalue weighted by Crippen LogP contribution is 2.52. The predicted molar refractivity (Wildman–Crippen MR) is 129 cm³/mol. The lowest BCUT2D eigenvalue weighted by atomic mass is 10.2. The van der Waals surface area contributed by atoms with Crippen molar-refractivity contribution in [2.24, 2.45) is 0 Å². The van der Waals surface area contributed by atoms with Gasteiger partial charge in [0.15, 0.2) is 0 Å². The Bertz CT molecular complexity index is 843. The predicted octanol–water partition coefficient (Wildman–Crippen LogP) is 8.74. The molecule has 1 heterocycles. The lowest BCUT2D eigenvalue weighted by molar-refractivity contribution is 0.545. The van der Waals surface area contributed by atoms with E-state index in [-0.39, 0.29) is 0 Å². The summed E-state index contributed by atoms with van der Waals surface area (Å²) in [5.41, 5.74) is 5.78. The molecule has 0 saturated carbocycles. The molecule has 0 aliphatic carbocycles. The number of hydrogen-bond donors (Lipinski definition) is 0. The van der Waals surface area contributed by atoms with E-state index in [2.05, 4.69) is 102 Å². The second kappa shape index (κ2) is 8.45. The van der Waals surface area contributed by atoms with Crippen molar-refractivity contribution in [1.29, 1.82) is 0 Å². The van der Waals surface area contributed by atoms with Gasteiger partial charge in [0, 0.05) is 27.5 Å². The van der Waals surface area contributed by atoms with Gasteiger partial charge in [-0.1, -0.05) is 97.7 Å². The van der Waals surface area contributed by atoms with E-state index in [9.17, 15) is 0 Å². The Balaban J connectivity index is 2.39. The van der Waals surface area contributed by atoms with Crippen molar-refractivity contribution >= 4 is 29.9 Å². The second-order valence-electron chi connectivity index (χ2n) is 9.53. The smallest absolute Gasteiger partial charge is 0.0877 e. The first-order valence-corrected chi connectivity index (χ1v) is 13.7. The molecule has 0 spiro atoms. The molecular formula is C26H39NSi. The number of nitrogens with zero attached hydrogens (tertiary/aromatic N) is 1. The molecule has 2 heteroatoms. The molecule has 152 valence electrons. The molecule has 0 bridgehead atoms. The van der Waals surface area contributed by atoms with Crippen molar-refractivity contribution in [3.05, 3.63) is 48.5 Å². The van der Waals surface area contributed by atoms with Crippen LogP contribution in [0.25, 0.3) is 21.8 Å². The van der Waals surface area contributed by atoms with Crippen molar-refractivity contribution in [1.82, 2.24) is 4.57 Å². The van der Waals surface area contributed by atoms with E-state index in [0.29, 0.717) is 5.67 Å². The van der Waals surface area contributed by atoms with Crippen molar-refractivity contribution in [2.45, 2.75) is 90.0 Å². The Labute approximate surface area is 173 Å². The van der Waals surface area contributed by atoms with Crippen LogP contribution < -0.4 is 0 Å². The van der Waals surface area contributed by atoms with Crippen LogP contribution in [-0.4, -0.2) is 12.6 Å². The standard InChI is InChI=1S/C26H39NSi/c1-8-9-18-26(28(19(2)3,20(4)5)21(6)7)27-24-16-12-10-14-22(24)23-15-11-13-17-25(23)27/h10-17,19-21,26H,8-9,18H2,1-7H3. The van der Waals surface area contributed by atoms with Crippen molar-refractivity contribution < 1.29 is 0 Å². The Kier molecular flexibility index (Phi) is 6.39. The Morgan fingerprint density at radius 3 is 1.54 bits per heavy atom. The van der Waals surface area contributed by atoms with Gasteiger partial charge in [-0.3, -0.25) is 0 Å². The maximum atomic E-state index is 2.78. The minimum absolute atomic E-state index is 0.636. The fourth-order valence-corrected chi connectivity index (χ4v) is 14.2. The fourth-order valence-electron chi connectivity index (χ4n) is 6.44. The molecule has 1 nitrogen and oxygen atoms in total. The fraction of sp³-hybridized carbons (Fsp3) is 0.538. The Morgan fingerprint density at radius 1 is 0.714 bits per heavy atom. The SMILES string of the molecule is CCCCC(n1c2ccccc2c2ccccc21)[Si](C(C)C)(C(C)C)C(C)C. The van der Waals surface area contributed by atoms with Gasteiger partial charge in [-0.15, -0.1) is 0 Å². The molecule has 0 aliphatic heterocycles. The quantitative estimate of drug-likeness (QED) is 0.337. The third-order valence-corrected chi connectivity index (χ3v) is 15.0. The highest BCUT2D eigenvalue weighted by atomic mass is 28.3. The molecule has 0 saturated heterocycles. The molecule has 28 heavy (non-hydrogen) atoms. The molecule has 3 aromatic rings. The minimum Gasteiger partial charge on any atom is -0.340 e. The summed E-state index contributed by atoms with van der Waals surface area (Å²) < 4.78 is 2.78. The van der Waals surface area contributed by atoms with E-state index in [1.165, 1.54) is 41.1 Å². The third kappa shape index (κ3) is 3.24. The monoisotopic (exact) mass is 393 g/mol. The first-order valence-electron chi connectivity index (χ1n) is 11.3. The summed E-state index contributed by atoms with van der Waals surface area (Å²) in [4.78, 5) is 0. The van der Waals surface area contributed by atoms with Crippen molar-refractivity contribution in [3.8, 4) is 0 Å². The summed E-state index contributed by atoms with van der Waals surface area (Å²) in [6, 6.07) is 18.2. The van der Waals surface area contributed by atoms with Crippen LogP contribution in [0.2, 0.25) is 16.6 Å². The van der Waals surface area contributed by atoms with Gasteiger partial charge in [-0.25, -0.2) is 0 Å². The topological polar surface area (TPSA) is 4.93 Å². The Hall–Kier alpha value is -1.54. The summed E-state index contributed by atoms with van der Waals surface area (Å²) in [6.45, 7) is 17.4. The number of para-hydroxylation sites is 2. The molecule has 0 radical (unpaired) electrons. The number of aromatic nitrogens is 1. The van der Waals surface area contributed by atoms with Crippen LogP contribution in [0.4, 0.5) is 0 Å². The maximum absolute atomic E-state index is 2.78. The Morgan fingerprint density at radius 2 is 1.14 bits per heavy atom. The zero-order chi connectivity index (χ0) is 20.5. The van der Waals surface area contributed by atoms with Crippen molar-refractivity contribution in [2.75, 3.05) is 0 Å². The number of unbranched alkanes of at least 4 members (excludes halogenated alkanes) is 1. The summed E-state index contributed by atoms with van der Waals surface area (Å²) in [5.74, 6) is 0. The summed E-state index contributed by atoms with van der Waals surface area (Å²) in [7, 11) is -1.67. The molecule has 3 rings (SSSR count). The lowest BCUT2D eigenvalue weighted by Gasteiger charge is -2.50. The van der Waals surface area contributed by atoms with Crippen LogP contribution in [0, 0.1) is 0 Å². The van der Waals surface area contributed by atoms with Crippen LogP contribution in [0.15, 0.2) is 48.5 Å². The average molecular weight is 394 g/mol. The minimum atomic E-state index is -1.67. The van der Waals surface area contributed by atoms with Crippen LogP contribution in [-0.2, 0) is 0 Å². The highest BCUT2D eigenvalue weighted by molar-refractivity contribution is 6.84. The molecule has 0 fully saturated rings. The van der Waals surface area contributed by atoms with E-state index in [1.807, 2.05) is 0 Å². The van der Waals surface area contributed by atoms with Crippen LogP contribution in [0.1, 0.15) is 73.4 Å². The van der Waals surface area contributed by atoms with Gasteiger partial charge in [-0.2, -0.15) is 0 Å². The first-order chi connectivity index (χ1) is 13.4. The van der Waals surface area contributed by atoms with Gasteiger partial charge in [0.25, 0.3) is 0 Å². The van der Waals surface area contributed by atoms with Crippen LogP contribution >= 0.6 is 0 Å². The molecule has 0 amide bonds. The zero-order valence-electron chi connectivity index (χ0n) is 19.0. The van der Waals surface area contributed by atoms with Crippen LogP contribution in [0.3, 0.4) is 0 Å². The summed E-state index contributed by atoms with van der Waals surface area (Å²) in [6.07, 6.45) is 3.89. The van der Waals surface area contributed by atoms with Gasteiger partial charge in [0.05, 0.1) is 8.07 Å². The largest absolute Gasteiger partial charge is 0.340 e. The zero-order valence-corrected chi connectivity index (χ0v) is 20.0. The lowest BCUT2D eigenvalue weighted by Crippen LogP contribution is -2.52. The molecule has 1 unspecified atom stereocenters. The number of rotatable bonds is 8. The summed E-state index contributed by atoms with van der Waals surface area (Å²) in [5, 5.41) is 2.83. The number of benzene rings is 2. The van der Waals surface area contributed by atoms with E-state index in [4.69, 9.17) is 0 Å². The van der Waals surface area contributed by atoms with Gasteiger partial charge < -0.3 is 4.57 Å². The molecule has 1 aromatic heterocycles. The second-order valence-corrected chi connectivity index (χ2v) is 15.7. The van der Waals surface area contributed by atoms with Gasteiger partial charge in [0.1, 0.15) is 0 Å². The molecule has 2 aromatic carbocycles. The molecule has 1 atom stereocenters. The van der Waals surface area contributed by atoms with Crippen molar-refractivity contribution in [3.63, 3.8) is 0 Å². The summed E-state index contributed by atoms with van der Waals surface area (Å²) >= 11 is 0. The van der Waals surface area contributed by atoms with E-state index < -0.39 is 8.07 Å². The van der Waals surface area contributed by atoms with Gasteiger partial charge in [0.2, 0.25) is 0 Å². The number of hydrogen-bond acceptors (Lipinski definition) is 0. The highest BCUT2D eigenvalue weighted by Gasteiger charge is 2.49. The molecule has 0 N–H and O–H groups in total. The third-order valence-electron chi connectivity index (χ3n) is 7.34. The van der Waals surface area contributed by atoms with Crippen LogP contribution in [0.5, 0.6) is 0 Å². The van der Waals surface area contributed by atoms with Gasteiger partial charge >= 0.3 is 0 Å². The van der Waals surface area contributed by atoms with E-state index in [0.717, 1.165) is 16.6 Å². The average Bonchev–Trinajstić information content (AvgIpc) is 2.98. The number of fused-ring (bicyclic) bond motifs is 3. The van der Waals surface area contributed by atoms with Gasteiger partial charge in [-0.05, 0) is 35.2 Å². The van der Waals surface area contributed by atoms with E-state index >= 15 is 0 Å². The molecule has 0 aliphatic rings. The van der Waals surface area contributed by atoms with E-state index in [1.54, 1.807) is 0 Å².